The van der Waals surface area contributed by atoms with Crippen molar-refractivity contribution in [2.75, 3.05) is 5.73 Å². The first-order valence-corrected chi connectivity index (χ1v) is 5.98. The zero-order chi connectivity index (χ0) is 12.4. The number of aromatic amines is 1. The van der Waals surface area contributed by atoms with Crippen molar-refractivity contribution in [3.8, 4) is 0 Å². The summed E-state index contributed by atoms with van der Waals surface area (Å²) in [5.41, 5.74) is 8.78. The van der Waals surface area contributed by atoms with Crippen LogP contribution in [0.25, 0.3) is 0 Å². The molecule has 1 saturated heterocycles. The highest BCUT2D eigenvalue weighted by Crippen LogP contribution is 2.20. The van der Waals surface area contributed by atoms with Crippen LogP contribution in [-0.4, -0.2) is 33.2 Å². The molecule has 0 aromatic carbocycles. The van der Waals surface area contributed by atoms with Crippen LogP contribution in [0.5, 0.6) is 0 Å². The average molecular weight is 237 g/mol. The highest BCUT2D eigenvalue weighted by molar-refractivity contribution is 5.92. The standard InChI is InChI=1S/C11H19N5O/c1-7-4-3-5-8(2)16(7)15-11(17)9-6-10(12)14-13-9/h6-8H,3-5H2,1-2H3,(H,15,17)(H3,12,13,14). The molecule has 0 bridgehead atoms. The minimum atomic E-state index is -0.185. The topological polar surface area (TPSA) is 87.0 Å². The number of piperidine rings is 1. The number of H-pyrrole nitrogens is 1. The first kappa shape index (κ1) is 11.9. The van der Waals surface area contributed by atoms with Crippen molar-refractivity contribution in [2.24, 2.45) is 0 Å². The quantitative estimate of drug-likeness (QED) is 0.713. The van der Waals surface area contributed by atoms with E-state index in [-0.39, 0.29) is 5.91 Å². The molecule has 1 aromatic heterocycles. The number of hydrogen-bond acceptors (Lipinski definition) is 4. The third kappa shape index (κ3) is 2.58. The Morgan fingerprint density at radius 1 is 1.53 bits per heavy atom. The Bertz CT molecular complexity index is 392. The van der Waals surface area contributed by atoms with Crippen LogP contribution in [0.3, 0.4) is 0 Å². The number of hydrogen-bond donors (Lipinski definition) is 3. The Morgan fingerprint density at radius 3 is 2.71 bits per heavy atom. The molecule has 17 heavy (non-hydrogen) atoms. The number of anilines is 1. The number of nitrogens with two attached hydrogens (primary N) is 1. The van der Waals surface area contributed by atoms with Crippen molar-refractivity contribution in [2.45, 2.75) is 45.2 Å². The molecule has 1 amide bonds. The Hall–Kier alpha value is -1.56. The van der Waals surface area contributed by atoms with Crippen LogP contribution in [0.15, 0.2) is 6.07 Å². The van der Waals surface area contributed by atoms with E-state index in [0.717, 1.165) is 12.8 Å². The van der Waals surface area contributed by atoms with Gasteiger partial charge in [0.15, 0.2) is 0 Å². The molecular formula is C11H19N5O. The molecule has 2 unspecified atom stereocenters. The summed E-state index contributed by atoms with van der Waals surface area (Å²) >= 11 is 0. The lowest BCUT2D eigenvalue weighted by atomic mass is 10.00. The van der Waals surface area contributed by atoms with Crippen molar-refractivity contribution in [1.82, 2.24) is 20.6 Å². The number of hydrazine groups is 1. The van der Waals surface area contributed by atoms with E-state index in [1.54, 1.807) is 0 Å². The minimum Gasteiger partial charge on any atom is -0.382 e. The number of nitrogens with zero attached hydrogens (tertiary/aromatic N) is 2. The molecular weight excluding hydrogens is 218 g/mol. The van der Waals surface area contributed by atoms with Crippen LogP contribution in [0, 0.1) is 0 Å². The van der Waals surface area contributed by atoms with E-state index in [4.69, 9.17) is 5.73 Å². The van der Waals surface area contributed by atoms with Crippen molar-refractivity contribution >= 4 is 11.7 Å². The second-order valence-electron chi connectivity index (χ2n) is 4.68. The third-order valence-corrected chi connectivity index (χ3v) is 3.27. The summed E-state index contributed by atoms with van der Waals surface area (Å²) in [6.07, 6.45) is 3.43. The van der Waals surface area contributed by atoms with Gasteiger partial charge < -0.3 is 5.73 Å². The molecule has 6 heteroatoms. The van der Waals surface area contributed by atoms with E-state index in [1.807, 2.05) is 5.01 Å². The van der Waals surface area contributed by atoms with Crippen molar-refractivity contribution in [3.05, 3.63) is 11.8 Å². The van der Waals surface area contributed by atoms with Gasteiger partial charge in [0, 0.05) is 18.2 Å². The van der Waals surface area contributed by atoms with Crippen molar-refractivity contribution in [3.63, 3.8) is 0 Å². The average Bonchev–Trinajstić information content (AvgIpc) is 2.70. The van der Waals surface area contributed by atoms with E-state index in [9.17, 15) is 4.79 Å². The van der Waals surface area contributed by atoms with Gasteiger partial charge in [0.25, 0.3) is 5.91 Å². The monoisotopic (exact) mass is 237 g/mol. The van der Waals surface area contributed by atoms with Gasteiger partial charge in [-0.05, 0) is 26.7 Å². The lowest BCUT2D eigenvalue weighted by Crippen LogP contribution is -2.54. The molecule has 0 radical (unpaired) electrons. The molecule has 6 nitrogen and oxygen atoms in total. The Morgan fingerprint density at radius 2 is 2.18 bits per heavy atom. The van der Waals surface area contributed by atoms with Gasteiger partial charge in [-0.1, -0.05) is 6.42 Å². The van der Waals surface area contributed by atoms with Crippen LogP contribution in [0.4, 0.5) is 5.82 Å². The summed E-state index contributed by atoms with van der Waals surface area (Å²) < 4.78 is 0. The molecule has 1 aliphatic heterocycles. The first-order valence-electron chi connectivity index (χ1n) is 5.98. The second kappa shape index (κ2) is 4.75. The van der Waals surface area contributed by atoms with E-state index in [2.05, 4.69) is 29.5 Å². The fourth-order valence-electron chi connectivity index (χ4n) is 2.27. The number of carbonyl (C=O) groups is 1. The molecule has 0 saturated carbocycles. The summed E-state index contributed by atoms with van der Waals surface area (Å²) in [5.74, 6) is 0.143. The zero-order valence-electron chi connectivity index (χ0n) is 10.2. The Kier molecular flexibility index (Phi) is 3.33. The van der Waals surface area contributed by atoms with Gasteiger partial charge in [-0.15, -0.1) is 0 Å². The molecule has 1 aliphatic rings. The lowest BCUT2D eigenvalue weighted by Gasteiger charge is -2.38. The molecule has 0 aliphatic carbocycles. The number of nitrogen functional groups attached to an aromatic ring is 1. The van der Waals surface area contributed by atoms with E-state index >= 15 is 0 Å². The number of nitrogens with one attached hydrogen (secondary N) is 2. The predicted octanol–water partition coefficient (Wildman–Crippen LogP) is 0.900. The molecule has 1 aromatic rings. The number of carbonyl (C=O) groups excluding carboxylic acids is 1. The molecule has 94 valence electrons. The van der Waals surface area contributed by atoms with Gasteiger partial charge in [0.05, 0.1) is 0 Å². The maximum atomic E-state index is 11.9. The highest BCUT2D eigenvalue weighted by Gasteiger charge is 2.26. The minimum absolute atomic E-state index is 0.185. The SMILES string of the molecule is CC1CCCC(C)N1NC(=O)c1cc(N)n[nH]1. The van der Waals surface area contributed by atoms with Crippen LogP contribution >= 0.6 is 0 Å². The van der Waals surface area contributed by atoms with E-state index in [0.29, 0.717) is 23.6 Å². The van der Waals surface area contributed by atoms with Gasteiger partial charge in [0.2, 0.25) is 0 Å². The van der Waals surface area contributed by atoms with Gasteiger partial charge in [-0.2, -0.15) is 5.10 Å². The maximum absolute atomic E-state index is 11.9. The summed E-state index contributed by atoms with van der Waals surface area (Å²) in [5, 5.41) is 8.37. The summed E-state index contributed by atoms with van der Waals surface area (Å²) in [4.78, 5) is 11.9. The zero-order valence-corrected chi connectivity index (χ0v) is 10.2. The van der Waals surface area contributed by atoms with Crippen LogP contribution < -0.4 is 11.2 Å². The lowest BCUT2D eigenvalue weighted by molar-refractivity contribution is 0.0366. The Labute approximate surface area is 101 Å². The number of aromatic nitrogens is 2. The summed E-state index contributed by atoms with van der Waals surface area (Å²) in [6, 6.07) is 2.26. The van der Waals surface area contributed by atoms with E-state index in [1.165, 1.54) is 12.5 Å². The molecule has 1 fully saturated rings. The highest BCUT2D eigenvalue weighted by atomic mass is 16.2. The molecule has 2 heterocycles. The van der Waals surface area contributed by atoms with Crippen LogP contribution in [0.1, 0.15) is 43.6 Å². The molecule has 2 atom stereocenters. The summed E-state index contributed by atoms with van der Waals surface area (Å²) in [7, 11) is 0. The Balaban J connectivity index is 2.02. The van der Waals surface area contributed by atoms with Gasteiger partial charge >= 0.3 is 0 Å². The number of amides is 1. The smallest absolute Gasteiger partial charge is 0.283 e. The van der Waals surface area contributed by atoms with Crippen molar-refractivity contribution < 1.29 is 4.79 Å². The van der Waals surface area contributed by atoms with E-state index < -0.39 is 0 Å². The summed E-state index contributed by atoms with van der Waals surface area (Å²) in [6.45, 7) is 4.24. The number of rotatable bonds is 2. The van der Waals surface area contributed by atoms with Gasteiger partial charge in [0.1, 0.15) is 11.5 Å². The fraction of sp³-hybridized carbons (Fsp3) is 0.636. The van der Waals surface area contributed by atoms with Crippen LogP contribution in [-0.2, 0) is 0 Å². The maximum Gasteiger partial charge on any atom is 0.283 e. The van der Waals surface area contributed by atoms with Gasteiger partial charge in [-0.25, -0.2) is 5.01 Å². The second-order valence-corrected chi connectivity index (χ2v) is 4.68. The van der Waals surface area contributed by atoms with Crippen LogP contribution in [0.2, 0.25) is 0 Å². The third-order valence-electron chi connectivity index (χ3n) is 3.27. The normalized spacial score (nSPS) is 25.8. The first-order chi connectivity index (χ1) is 8.08. The molecule has 0 spiro atoms. The largest absolute Gasteiger partial charge is 0.382 e. The van der Waals surface area contributed by atoms with Crippen molar-refractivity contribution in [1.29, 1.82) is 0 Å². The molecule has 2 rings (SSSR count). The predicted molar refractivity (Wildman–Crippen MR) is 65.1 cm³/mol. The molecule has 4 N–H and O–H groups in total. The van der Waals surface area contributed by atoms with Gasteiger partial charge in [-0.3, -0.25) is 15.3 Å². The fourth-order valence-corrected chi connectivity index (χ4v) is 2.27.